The van der Waals surface area contributed by atoms with E-state index in [0.717, 1.165) is 42.6 Å². The molecule has 0 spiro atoms. The summed E-state index contributed by atoms with van der Waals surface area (Å²) in [6, 6.07) is 15.2. The molecule has 3 aromatic rings. The van der Waals surface area contributed by atoms with Gasteiger partial charge in [-0.2, -0.15) is 4.98 Å². The Morgan fingerprint density at radius 2 is 1.71 bits per heavy atom. The molecular formula is C27H29N5O2. The summed E-state index contributed by atoms with van der Waals surface area (Å²) in [4.78, 5) is 36.7. The van der Waals surface area contributed by atoms with E-state index >= 15 is 0 Å². The van der Waals surface area contributed by atoms with Gasteiger partial charge >= 0.3 is 0 Å². The largest absolute Gasteiger partial charge is 0.363 e. The van der Waals surface area contributed by atoms with E-state index in [2.05, 4.69) is 20.6 Å². The Kier molecular flexibility index (Phi) is 6.01. The number of hydrogen-bond donors (Lipinski definition) is 2. The number of benzene rings is 2. The Balaban J connectivity index is 1.18. The molecule has 1 saturated carbocycles. The molecule has 1 fully saturated rings. The van der Waals surface area contributed by atoms with Crippen LogP contribution in [0.4, 0.5) is 11.8 Å². The highest BCUT2D eigenvalue weighted by Gasteiger charge is 2.30. The van der Waals surface area contributed by atoms with Gasteiger partial charge in [0.05, 0.1) is 0 Å². The van der Waals surface area contributed by atoms with Gasteiger partial charge in [-0.15, -0.1) is 0 Å². The normalized spacial score (nSPS) is 18.7. The molecule has 0 saturated heterocycles. The second-order valence-corrected chi connectivity index (χ2v) is 9.31. The van der Waals surface area contributed by atoms with Crippen molar-refractivity contribution in [3.8, 4) is 11.1 Å². The van der Waals surface area contributed by atoms with Crippen molar-refractivity contribution >= 4 is 23.5 Å². The van der Waals surface area contributed by atoms with Crippen LogP contribution in [0.15, 0.2) is 54.7 Å². The number of nitrogens with zero attached hydrogens (tertiary/aromatic N) is 3. The number of amides is 1. The number of nitrogens with one attached hydrogen (secondary N) is 2. The first kappa shape index (κ1) is 22.1. The zero-order chi connectivity index (χ0) is 23.7. The Bertz CT molecular complexity index is 1230. The number of aromatic nitrogens is 2. The lowest BCUT2D eigenvalue weighted by molar-refractivity contribution is 0.0944. The first-order valence-electron chi connectivity index (χ1n) is 11.8. The van der Waals surface area contributed by atoms with Gasteiger partial charge in [-0.1, -0.05) is 36.4 Å². The van der Waals surface area contributed by atoms with Crippen molar-refractivity contribution in [3.05, 3.63) is 71.4 Å². The van der Waals surface area contributed by atoms with Crippen LogP contribution in [-0.2, 0) is 0 Å². The average Bonchev–Trinajstić information content (AvgIpc) is 3.16. The molecule has 0 radical (unpaired) electrons. The monoisotopic (exact) mass is 455 g/mol. The van der Waals surface area contributed by atoms with Gasteiger partial charge in [0.15, 0.2) is 5.78 Å². The van der Waals surface area contributed by atoms with Gasteiger partial charge in [-0.3, -0.25) is 9.59 Å². The van der Waals surface area contributed by atoms with Crippen LogP contribution >= 0.6 is 0 Å². The summed E-state index contributed by atoms with van der Waals surface area (Å²) in [5.41, 5.74) is 3.46. The fraction of sp³-hybridized carbons (Fsp3) is 0.333. The maximum absolute atomic E-state index is 13.1. The molecule has 174 valence electrons. The van der Waals surface area contributed by atoms with Gasteiger partial charge in [-0.05, 0) is 49.3 Å². The van der Waals surface area contributed by atoms with E-state index in [1.807, 2.05) is 55.4 Å². The zero-order valence-electron chi connectivity index (χ0n) is 19.5. The molecule has 2 aromatic carbocycles. The lowest BCUT2D eigenvalue weighted by Gasteiger charge is -2.29. The molecule has 7 heteroatoms. The van der Waals surface area contributed by atoms with Gasteiger partial charge in [0.1, 0.15) is 5.82 Å². The third-order valence-electron chi connectivity index (χ3n) is 6.83. The number of carbonyl (C=O) groups excluding carboxylic acids is 2. The standard InChI is InChI=1S/C27H29N5O2/c1-32(2)23-14-15-28-27(31-23)30-18-12-10-17(11-13-18)16-29-26(34)22-9-5-8-21-24(22)19-6-3-4-7-20(19)25(21)33/h3-9,14-15,17-18H,10-13,16H2,1-2H3,(H,29,34)(H,28,30,31). The molecule has 0 bridgehead atoms. The molecule has 1 aromatic heterocycles. The van der Waals surface area contributed by atoms with E-state index in [1.165, 1.54) is 0 Å². The van der Waals surface area contributed by atoms with E-state index < -0.39 is 0 Å². The third-order valence-corrected chi connectivity index (χ3v) is 6.83. The zero-order valence-corrected chi connectivity index (χ0v) is 19.5. The molecule has 0 unspecified atom stereocenters. The van der Waals surface area contributed by atoms with Crippen molar-refractivity contribution in [1.82, 2.24) is 15.3 Å². The Morgan fingerprint density at radius 3 is 2.47 bits per heavy atom. The number of carbonyl (C=O) groups is 2. The summed E-state index contributed by atoms with van der Waals surface area (Å²) in [6.07, 6.45) is 5.86. The molecule has 2 N–H and O–H groups in total. The predicted octanol–water partition coefficient (Wildman–Crippen LogP) is 4.15. The van der Waals surface area contributed by atoms with Crippen molar-refractivity contribution in [1.29, 1.82) is 0 Å². The van der Waals surface area contributed by atoms with Crippen molar-refractivity contribution < 1.29 is 9.59 Å². The number of rotatable bonds is 6. The highest BCUT2D eigenvalue weighted by molar-refractivity contribution is 6.24. The fourth-order valence-corrected chi connectivity index (χ4v) is 4.96. The lowest BCUT2D eigenvalue weighted by Crippen LogP contribution is -2.34. The second kappa shape index (κ2) is 9.25. The molecule has 7 nitrogen and oxygen atoms in total. The Labute approximate surface area is 199 Å². The van der Waals surface area contributed by atoms with Crippen LogP contribution in [0.2, 0.25) is 0 Å². The minimum atomic E-state index is -0.115. The third kappa shape index (κ3) is 4.25. The van der Waals surface area contributed by atoms with Gasteiger partial charge in [0, 0.05) is 55.1 Å². The molecule has 2 aliphatic carbocycles. The van der Waals surface area contributed by atoms with E-state index in [1.54, 1.807) is 18.3 Å². The molecule has 0 aliphatic heterocycles. The summed E-state index contributed by atoms with van der Waals surface area (Å²) in [5.74, 6) is 1.85. The first-order valence-corrected chi connectivity index (χ1v) is 11.8. The van der Waals surface area contributed by atoms with Crippen LogP contribution in [0.25, 0.3) is 11.1 Å². The fourth-order valence-electron chi connectivity index (χ4n) is 4.96. The molecule has 2 aliphatic rings. The Morgan fingerprint density at radius 1 is 0.971 bits per heavy atom. The quantitative estimate of drug-likeness (QED) is 0.454. The molecule has 1 amide bonds. The van der Waals surface area contributed by atoms with E-state index in [4.69, 9.17) is 0 Å². The highest BCUT2D eigenvalue weighted by atomic mass is 16.1. The van der Waals surface area contributed by atoms with Gasteiger partial charge in [-0.25, -0.2) is 4.98 Å². The topological polar surface area (TPSA) is 87.2 Å². The maximum atomic E-state index is 13.1. The molecular weight excluding hydrogens is 426 g/mol. The summed E-state index contributed by atoms with van der Waals surface area (Å²) >= 11 is 0. The van der Waals surface area contributed by atoms with E-state index in [0.29, 0.717) is 41.1 Å². The molecule has 0 atom stereocenters. The summed E-state index contributed by atoms with van der Waals surface area (Å²) in [6.45, 7) is 0.636. The predicted molar refractivity (Wildman–Crippen MR) is 133 cm³/mol. The number of ketones is 1. The van der Waals surface area contributed by atoms with Crippen LogP contribution in [0.3, 0.4) is 0 Å². The summed E-state index contributed by atoms with van der Waals surface area (Å²) < 4.78 is 0. The first-order chi connectivity index (χ1) is 16.5. The van der Waals surface area contributed by atoms with Crippen LogP contribution < -0.4 is 15.5 Å². The minimum absolute atomic E-state index is 0.00818. The van der Waals surface area contributed by atoms with Crippen molar-refractivity contribution in [2.24, 2.45) is 5.92 Å². The van der Waals surface area contributed by atoms with Crippen LogP contribution in [-0.4, -0.2) is 48.3 Å². The van der Waals surface area contributed by atoms with Crippen molar-refractivity contribution in [3.63, 3.8) is 0 Å². The van der Waals surface area contributed by atoms with Crippen LogP contribution in [0.1, 0.15) is 52.0 Å². The minimum Gasteiger partial charge on any atom is -0.363 e. The van der Waals surface area contributed by atoms with Crippen molar-refractivity contribution in [2.75, 3.05) is 30.9 Å². The van der Waals surface area contributed by atoms with Crippen molar-refractivity contribution in [2.45, 2.75) is 31.7 Å². The Hall–Kier alpha value is -3.74. The van der Waals surface area contributed by atoms with Gasteiger partial charge in [0.2, 0.25) is 5.95 Å². The average molecular weight is 456 g/mol. The molecule has 1 heterocycles. The summed E-state index contributed by atoms with van der Waals surface area (Å²) in [7, 11) is 3.93. The highest BCUT2D eigenvalue weighted by Crippen LogP contribution is 2.38. The van der Waals surface area contributed by atoms with Crippen LogP contribution in [0, 0.1) is 5.92 Å². The summed E-state index contributed by atoms with van der Waals surface area (Å²) in [5, 5.41) is 6.59. The number of anilines is 2. The number of fused-ring (bicyclic) bond motifs is 3. The SMILES string of the molecule is CN(C)c1ccnc(NC2CCC(CNC(=O)c3cccc4c3-c3ccccc3C4=O)CC2)n1. The van der Waals surface area contributed by atoms with E-state index in [-0.39, 0.29) is 11.7 Å². The number of hydrogen-bond acceptors (Lipinski definition) is 6. The lowest BCUT2D eigenvalue weighted by atomic mass is 9.86. The maximum Gasteiger partial charge on any atom is 0.251 e. The van der Waals surface area contributed by atoms with E-state index in [9.17, 15) is 9.59 Å². The van der Waals surface area contributed by atoms with Gasteiger partial charge < -0.3 is 15.5 Å². The molecule has 5 rings (SSSR count). The van der Waals surface area contributed by atoms with Gasteiger partial charge in [0.25, 0.3) is 5.91 Å². The molecule has 34 heavy (non-hydrogen) atoms. The second-order valence-electron chi connectivity index (χ2n) is 9.31. The smallest absolute Gasteiger partial charge is 0.251 e. The van der Waals surface area contributed by atoms with Crippen LogP contribution in [0.5, 0.6) is 0 Å².